The zero-order valence-electron chi connectivity index (χ0n) is 20.7. The number of rotatable bonds is 7. The molecule has 2 fully saturated rings. The molecule has 1 amide bonds. The Labute approximate surface area is 199 Å². The maximum Gasteiger partial charge on any atom is 0.247 e. The molecule has 0 radical (unpaired) electrons. The van der Waals surface area contributed by atoms with Gasteiger partial charge in [0, 0.05) is 18.3 Å². The van der Waals surface area contributed by atoms with Crippen LogP contribution in [0.2, 0.25) is 0 Å². The van der Waals surface area contributed by atoms with E-state index in [0.717, 1.165) is 57.4 Å². The summed E-state index contributed by atoms with van der Waals surface area (Å²) in [5, 5.41) is 7.27. The number of hydrogen-bond donors (Lipinski definition) is 2. The summed E-state index contributed by atoms with van der Waals surface area (Å²) in [6.45, 7) is 6.89. The third kappa shape index (κ3) is 4.86. The highest BCUT2D eigenvalue weighted by molar-refractivity contribution is 6.02. The summed E-state index contributed by atoms with van der Waals surface area (Å²) < 4.78 is 0. The van der Waals surface area contributed by atoms with Gasteiger partial charge in [0.1, 0.15) is 5.54 Å². The van der Waals surface area contributed by atoms with E-state index in [2.05, 4.69) is 96.9 Å². The maximum atomic E-state index is 14.6. The molecule has 1 heterocycles. The molecule has 2 aliphatic rings. The largest absolute Gasteiger partial charge is 0.317 e. The number of piperidine rings is 1. The van der Waals surface area contributed by atoms with Crippen LogP contribution < -0.4 is 15.5 Å². The number of nitrogens with zero attached hydrogens (tertiary/aromatic N) is 2. The number of aryl methyl sites for hydroxylation is 2. The lowest BCUT2D eigenvalue weighted by Gasteiger charge is -2.47. The van der Waals surface area contributed by atoms with Crippen LogP contribution in [0.25, 0.3) is 0 Å². The quantitative estimate of drug-likeness (QED) is 0.671. The second-order valence-electron chi connectivity index (χ2n) is 10.1. The van der Waals surface area contributed by atoms with E-state index in [9.17, 15) is 4.79 Å². The van der Waals surface area contributed by atoms with Gasteiger partial charge >= 0.3 is 0 Å². The second-order valence-corrected chi connectivity index (χ2v) is 10.1. The molecule has 5 heteroatoms. The Morgan fingerprint density at radius 3 is 2.30 bits per heavy atom. The van der Waals surface area contributed by atoms with Crippen LogP contribution in [0.3, 0.4) is 0 Å². The molecule has 1 saturated carbocycles. The minimum Gasteiger partial charge on any atom is -0.317 e. The number of amides is 1. The lowest BCUT2D eigenvalue weighted by molar-refractivity contribution is -0.131. The number of carbonyl (C=O) groups excluding carboxylic acids is 1. The van der Waals surface area contributed by atoms with E-state index in [1.165, 1.54) is 16.7 Å². The van der Waals surface area contributed by atoms with Crippen LogP contribution in [0.4, 0.5) is 5.69 Å². The first-order chi connectivity index (χ1) is 15.9. The van der Waals surface area contributed by atoms with E-state index in [4.69, 9.17) is 0 Å². The van der Waals surface area contributed by atoms with Crippen molar-refractivity contribution in [3.63, 3.8) is 0 Å². The normalized spacial score (nSPS) is 22.5. The molecule has 0 aromatic heterocycles. The average molecular weight is 449 g/mol. The molecule has 1 saturated heterocycles. The van der Waals surface area contributed by atoms with E-state index in [-0.39, 0.29) is 18.0 Å². The van der Waals surface area contributed by atoms with Gasteiger partial charge in [0.2, 0.25) is 5.91 Å². The predicted molar refractivity (Wildman–Crippen MR) is 137 cm³/mol. The van der Waals surface area contributed by atoms with E-state index < -0.39 is 5.54 Å². The van der Waals surface area contributed by atoms with Crippen molar-refractivity contribution in [3.05, 3.63) is 65.2 Å². The zero-order chi connectivity index (χ0) is 23.4. The topological polar surface area (TPSA) is 47.6 Å². The monoisotopic (exact) mass is 448 g/mol. The summed E-state index contributed by atoms with van der Waals surface area (Å²) in [6.07, 6.45) is 4.96. The number of benzene rings is 2. The van der Waals surface area contributed by atoms with E-state index in [0.29, 0.717) is 0 Å². The van der Waals surface area contributed by atoms with Crippen LogP contribution in [0, 0.1) is 13.8 Å². The molecule has 0 spiro atoms. The maximum absolute atomic E-state index is 14.6. The highest BCUT2D eigenvalue weighted by atomic mass is 16.2. The summed E-state index contributed by atoms with van der Waals surface area (Å²) in [7, 11) is 4.15. The summed E-state index contributed by atoms with van der Waals surface area (Å²) in [5.41, 5.74) is 4.30. The van der Waals surface area contributed by atoms with Gasteiger partial charge in [-0.05, 0) is 89.8 Å². The van der Waals surface area contributed by atoms with Crippen molar-refractivity contribution in [2.75, 3.05) is 32.1 Å². The average Bonchev–Trinajstić information content (AvgIpc) is 3.29. The molecule has 2 N–H and O–H groups in total. The van der Waals surface area contributed by atoms with Gasteiger partial charge < -0.3 is 15.5 Å². The smallest absolute Gasteiger partial charge is 0.247 e. The number of para-hydroxylation sites is 1. The molecule has 4 rings (SSSR count). The fraction of sp³-hybridized carbons (Fsp3) is 0.536. The molecule has 2 atom stereocenters. The number of nitrogens with one attached hydrogen (secondary N) is 2. The fourth-order valence-electron chi connectivity index (χ4n) is 5.85. The zero-order valence-corrected chi connectivity index (χ0v) is 20.7. The number of anilines is 1. The molecule has 2 aromatic rings. The van der Waals surface area contributed by atoms with Gasteiger partial charge in [-0.2, -0.15) is 0 Å². The predicted octanol–water partition coefficient (Wildman–Crippen LogP) is 4.03. The first-order valence-corrected chi connectivity index (χ1v) is 12.5. The number of hydrogen-bond acceptors (Lipinski definition) is 4. The summed E-state index contributed by atoms with van der Waals surface area (Å²) in [4.78, 5) is 19.0. The lowest BCUT2D eigenvalue weighted by Crippen LogP contribution is -2.64. The molecular weight excluding hydrogens is 408 g/mol. The van der Waals surface area contributed by atoms with Crippen LogP contribution in [-0.4, -0.2) is 55.6 Å². The van der Waals surface area contributed by atoms with Crippen LogP contribution in [0.5, 0.6) is 0 Å². The van der Waals surface area contributed by atoms with Gasteiger partial charge in [0.25, 0.3) is 0 Å². The van der Waals surface area contributed by atoms with Crippen LogP contribution >= 0.6 is 0 Å². The summed E-state index contributed by atoms with van der Waals surface area (Å²) in [6, 6.07) is 17.4. The minimum atomic E-state index is -0.466. The number of likely N-dealkylation sites (N-methyl/N-ethyl adjacent to an activating group) is 1. The molecule has 1 aliphatic carbocycles. The third-order valence-electron chi connectivity index (χ3n) is 7.81. The Morgan fingerprint density at radius 2 is 1.67 bits per heavy atom. The molecule has 1 aliphatic heterocycles. The molecule has 178 valence electrons. The molecule has 5 nitrogen and oxygen atoms in total. The van der Waals surface area contributed by atoms with E-state index in [1.54, 1.807) is 0 Å². The third-order valence-corrected chi connectivity index (χ3v) is 7.81. The molecule has 0 bridgehead atoms. The van der Waals surface area contributed by atoms with Gasteiger partial charge in [-0.1, -0.05) is 48.5 Å². The van der Waals surface area contributed by atoms with Crippen LogP contribution in [0.1, 0.15) is 48.8 Å². The van der Waals surface area contributed by atoms with Crippen molar-refractivity contribution < 1.29 is 4.79 Å². The Balaban J connectivity index is 1.70. The molecular formula is C28H40N4O. The van der Waals surface area contributed by atoms with Crippen molar-refractivity contribution in [2.45, 2.75) is 70.1 Å². The highest BCUT2D eigenvalue weighted by Crippen LogP contribution is 2.38. The first-order valence-electron chi connectivity index (χ1n) is 12.5. The Kier molecular flexibility index (Phi) is 7.52. The Morgan fingerprint density at radius 1 is 1.00 bits per heavy atom. The highest BCUT2D eigenvalue weighted by Gasteiger charge is 2.48. The summed E-state index contributed by atoms with van der Waals surface area (Å²) >= 11 is 0. The van der Waals surface area contributed by atoms with Gasteiger partial charge in [0.15, 0.2) is 0 Å². The van der Waals surface area contributed by atoms with Gasteiger partial charge in [-0.15, -0.1) is 0 Å². The van der Waals surface area contributed by atoms with Gasteiger partial charge in [-0.25, -0.2) is 0 Å². The molecule has 0 unspecified atom stereocenters. The molecule has 33 heavy (non-hydrogen) atoms. The standard InChI is InChI=1S/C28H40N4O/c1-21-10-8-11-22(2)26(21)32(27(33)28(31(3)4)16-18-29-19-17-28)25-15-9-14-24(25)30-20-23-12-6-5-7-13-23/h5-8,10-13,24-25,29-30H,9,14-20H2,1-4H3/t24-,25-/m1/s1. The van der Waals surface area contributed by atoms with Gasteiger partial charge in [0.05, 0.1) is 6.04 Å². The minimum absolute atomic E-state index is 0.160. The van der Waals surface area contributed by atoms with Crippen molar-refractivity contribution in [1.82, 2.24) is 15.5 Å². The van der Waals surface area contributed by atoms with Crippen molar-refractivity contribution >= 4 is 11.6 Å². The SMILES string of the molecule is Cc1cccc(C)c1N(C(=O)C1(N(C)C)CCNCC1)[C@@H]1CCC[C@H]1NCc1ccccc1. The summed E-state index contributed by atoms with van der Waals surface area (Å²) in [5.74, 6) is 0.268. The molecule has 2 aromatic carbocycles. The Bertz CT molecular complexity index is 916. The van der Waals surface area contributed by atoms with Crippen molar-refractivity contribution in [1.29, 1.82) is 0 Å². The number of carbonyl (C=O) groups is 1. The van der Waals surface area contributed by atoms with Crippen LogP contribution in [-0.2, 0) is 11.3 Å². The van der Waals surface area contributed by atoms with Crippen molar-refractivity contribution in [3.8, 4) is 0 Å². The fourth-order valence-corrected chi connectivity index (χ4v) is 5.85. The van der Waals surface area contributed by atoms with Gasteiger partial charge in [-0.3, -0.25) is 9.69 Å². The van der Waals surface area contributed by atoms with E-state index >= 15 is 0 Å². The van der Waals surface area contributed by atoms with Crippen LogP contribution in [0.15, 0.2) is 48.5 Å². The first kappa shape index (κ1) is 23.9. The van der Waals surface area contributed by atoms with Crippen molar-refractivity contribution in [2.24, 2.45) is 0 Å². The van der Waals surface area contributed by atoms with E-state index in [1.807, 2.05) is 0 Å². The Hall–Kier alpha value is -2.21. The second kappa shape index (κ2) is 10.4. The lowest BCUT2D eigenvalue weighted by atomic mass is 9.84.